The third-order valence-electron chi connectivity index (χ3n) is 4.70. The van der Waals surface area contributed by atoms with Crippen molar-refractivity contribution < 1.29 is 32.2 Å². The normalized spacial score (nSPS) is 12.4. The highest BCUT2D eigenvalue weighted by Crippen LogP contribution is 2.24. The lowest BCUT2D eigenvalue weighted by Crippen LogP contribution is -2.37. The van der Waals surface area contributed by atoms with Crippen molar-refractivity contribution in [3.8, 4) is 17.1 Å². The number of alkyl halides is 3. The molecular formula is C23H29F3N2O4. The molecule has 0 N–H and O–H groups in total. The summed E-state index contributed by atoms with van der Waals surface area (Å²) < 4.78 is 53.3. The van der Waals surface area contributed by atoms with Crippen molar-refractivity contribution in [1.82, 2.24) is 9.97 Å². The third-order valence-corrected chi connectivity index (χ3v) is 4.70. The van der Waals surface area contributed by atoms with Crippen LogP contribution in [0.1, 0.15) is 55.8 Å². The van der Waals surface area contributed by atoms with Gasteiger partial charge in [-0.2, -0.15) is 13.2 Å². The summed E-state index contributed by atoms with van der Waals surface area (Å²) >= 11 is 0. The number of carbonyl (C=O) groups excluding carboxylic acids is 1. The SMILES string of the molecule is CCCCCCCCOc1ccc(-c2ncc(C(=O)OC(COC)C(F)(F)F)cn2)cc1. The van der Waals surface area contributed by atoms with Gasteiger partial charge in [-0.1, -0.05) is 39.0 Å². The summed E-state index contributed by atoms with van der Waals surface area (Å²) in [4.78, 5) is 20.1. The monoisotopic (exact) mass is 454 g/mol. The number of methoxy groups -OCH3 is 1. The lowest BCUT2D eigenvalue weighted by Gasteiger charge is -2.19. The predicted molar refractivity (Wildman–Crippen MR) is 113 cm³/mol. The van der Waals surface area contributed by atoms with Crippen LogP contribution in [0.4, 0.5) is 13.2 Å². The molecule has 176 valence electrons. The number of halogens is 3. The summed E-state index contributed by atoms with van der Waals surface area (Å²) in [6.45, 7) is 2.06. The quantitative estimate of drug-likeness (QED) is 0.289. The van der Waals surface area contributed by atoms with Crippen LogP contribution in [0.2, 0.25) is 0 Å². The molecule has 1 atom stereocenters. The Morgan fingerprint density at radius 3 is 2.22 bits per heavy atom. The molecule has 0 aliphatic heterocycles. The molecule has 0 bridgehead atoms. The van der Waals surface area contributed by atoms with Gasteiger partial charge in [0.05, 0.1) is 18.8 Å². The number of aromatic nitrogens is 2. The molecule has 1 unspecified atom stereocenters. The highest BCUT2D eigenvalue weighted by molar-refractivity contribution is 5.89. The zero-order valence-corrected chi connectivity index (χ0v) is 18.4. The van der Waals surface area contributed by atoms with E-state index in [2.05, 4.69) is 26.4 Å². The van der Waals surface area contributed by atoms with Crippen LogP contribution in [0.15, 0.2) is 36.7 Å². The second kappa shape index (κ2) is 13.0. The van der Waals surface area contributed by atoms with Crippen molar-refractivity contribution in [3.05, 3.63) is 42.2 Å². The molecule has 9 heteroatoms. The lowest BCUT2D eigenvalue weighted by molar-refractivity contribution is -0.215. The van der Waals surface area contributed by atoms with E-state index in [-0.39, 0.29) is 5.56 Å². The van der Waals surface area contributed by atoms with Crippen molar-refractivity contribution in [3.63, 3.8) is 0 Å². The van der Waals surface area contributed by atoms with Gasteiger partial charge in [-0.15, -0.1) is 0 Å². The minimum absolute atomic E-state index is 0.182. The van der Waals surface area contributed by atoms with Gasteiger partial charge < -0.3 is 14.2 Å². The van der Waals surface area contributed by atoms with E-state index in [4.69, 9.17) is 4.74 Å². The number of esters is 1. The molecule has 0 radical (unpaired) electrons. The molecule has 32 heavy (non-hydrogen) atoms. The van der Waals surface area contributed by atoms with Crippen LogP contribution in [0.3, 0.4) is 0 Å². The molecule has 2 rings (SSSR count). The van der Waals surface area contributed by atoms with Gasteiger partial charge in [0.1, 0.15) is 5.75 Å². The fourth-order valence-electron chi connectivity index (χ4n) is 2.90. The maximum absolute atomic E-state index is 12.9. The van der Waals surface area contributed by atoms with E-state index in [1.807, 2.05) is 0 Å². The largest absolute Gasteiger partial charge is 0.494 e. The molecule has 0 saturated carbocycles. The highest BCUT2D eigenvalue weighted by Gasteiger charge is 2.43. The highest BCUT2D eigenvalue weighted by atomic mass is 19.4. The first-order valence-electron chi connectivity index (χ1n) is 10.7. The number of hydrogen-bond donors (Lipinski definition) is 0. The smallest absolute Gasteiger partial charge is 0.427 e. The van der Waals surface area contributed by atoms with Crippen LogP contribution in [-0.4, -0.2) is 48.5 Å². The Hall–Kier alpha value is -2.68. The fraction of sp³-hybridized carbons (Fsp3) is 0.522. The van der Waals surface area contributed by atoms with Crippen LogP contribution >= 0.6 is 0 Å². The first kappa shape index (κ1) is 25.6. The molecule has 0 aliphatic carbocycles. The summed E-state index contributed by atoms with van der Waals surface area (Å²) in [5, 5.41) is 0. The zero-order chi connectivity index (χ0) is 23.4. The van der Waals surface area contributed by atoms with Gasteiger partial charge in [-0.25, -0.2) is 14.8 Å². The average Bonchev–Trinajstić information content (AvgIpc) is 2.78. The standard InChI is InChI=1S/C23H29F3N2O4/c1-3-4-5-6-7-8-13-31-19-11-9-17(10-12-19)21-27-14-18(15-28-21)22(29)32-20(16-30-2)23(24,25)26/h9-12,14-15,20H,3-8,13,16H2,1-2H3. The van der Waals surface area contributed by atoms with Gasteiger partial charge in [-0.3, -0.25) is 0 Å². The van der Waals surface area contributed by atoms with Crippen LogP contribution in [-0.2, 0) is 9.47 Å². The van der Waals surface area contributed by atoms with Crippen molar-refractivity contribution in [2.45, 2.75) is 57.7 Å². The minimum Gasteiger partial charge on any atom is -0.494 e. The van der Waals surface area contributed by atoms with Crippen LogP contribution in [0, 0.1) is 0 Å². The molecule has 2 aromatic rings. The Balaban J connectivity index is 1.87. The summed E-state index contributed by atoms with van der Waals surface area (Å²) in [5.41, 5.74) is 0.502. The van der Waals surface area contributed by atoms with Gasteiger partial charge >= 0.3 is 12.1 Å². The first-order valence-corrected chi connectivity index (χ1v) is 10.7. The third kappa shape index (κ3) is 8.45. The number of hydrogen-bond acceptors (Lipinski definition) is 6. The topological polar surface area (TPSA) is 70.5 Å². The van der Waals surface area contributed by atoms with E-state index < -0.39 is 24.9 Å². The molecule has 6 nitrogen and oxygen atoms in total. The molecule has 1 heterocycles. The van der Waals surface area contributed by atoms with E-state index in [9.17, 15) is 18.0 Å². The maximum Gasteiger partial charge on any atom is 0.427 e. The second-order valence-corrected chi connectivity index (χ2v) is 7.33. The average molecular weight is 454 g/mol. The molecular weight excluding hydrogens is 425 g/mol. The molecule has 1 aromatic carbocycles. The molecule has 0 saturated heterocycles. The van der Waals surface area contributed by atoms with Gasteiger partial charge in [-0.05, 0) is 30.7 Å². The zero-order valence-electron chi connectivity index (χ0n) is 18.4. The fourth-order valence-corrected chi connectivity index (χ4v) is 2.90. The second-order valence-electron chi connectivity index (χ2n) is 7.33. The molecule has 0 amide bonds. The molecule has 0 fully saturated rings. The summed E-state index contributed by atoms with van der Waals surface area (Å²) in [6.07, 6.45) is 2.32. The predicted octanol–water partition coefficient (Wildman–Crippen LogP) is 5.62. The number of benzene rings is 1. The Morgan fingerprint density at radius 1 is 1.00 bits per heavy atom. The minimum atomic E-state index is -4.73. The Bertz CT molecular complexity index is 811. The van der Waals surface area contributed by atoms with Crippen LogP contribution in [0.5, 0.6) is 5.75 Å². The summed E-state index contributed by atoms with van der Waals surface area (Å²) in [5.74, 6) is -0.110. The molecule has 0 aliphatic rings. The van der Waals surface area contributed by atoms with Crippen molar-refractivity contribution in [2.75, 3.05) is 20.3 Å². The van der Waals surface area contributed by atoms with Crippen molar-refractivity contribution in [1.29, 1.82) is 0 Å². The number of rotatable bonds is 13. The van der Waals surface area contributed by atoms with Crippen molar-refractivity contribution in [2.24, 2.45) is 0 Å². The Labute approximate surface area is 186 Å². The van der Waals surface area contributed by atoms with E-state index >= 15 is 0 Å². The number of ether oxygens (including phenoxy) is 3. The lowest BCUT2D eigenvalue weighted by atomic mass is 10.1. The number of unbranched alkanes of at least 4 members (excludes halogenated alkanes) is 5. The first-order chi connectivity index (χ1) is 15.3. The van der Waals surface area contributed by atoms with Crippen LogP contribution in [0.25, 0.3) is 11.4 Å². The molecule has 0 spiro atoms. The van der Waals surface area contributed by atoms with E-state index in [1.165, 1.54) is 25.7 Å². The van der Waals surface area contributed by atoms with E-state index in [0.29, 0.717) is 18.0 Å². The number of carbonyl (C=O) groups is 1. The van der Waals surface area contributed by atoms with Crippen LogP contribution < -0.4 is 4.74 Å². The number of nitrogens with zero attached hydrogens (tertiary/aromatic N) is 2. The summed E-state index contributed by atoms with van der Waals surface area (Å²) in [6, 6.07) is 7.16. The van der Waals surface area contributed by atoms with Crippen molar-refractivity contribution >= 4 is 5.97 Å². The van der Waals surface area contributed by atoms with Gasteiger partial charge in [0.15, 0.2) is 5.82 Å². The Morgan fingerprint density at radius 2 is 1.62 bits per heavy atom. The maximum atomic E-state index is 12.9. The van der Waals surface area contributed by atoms with E-state index in [0.717, 1.165) is 38.1 Å². The Kier molecular flexibility index (Phi) is 10.4. The van der Waals surface area contributed by atoms with Gasteiger partial charge in [0, 0.05) is 25.1 Å². The van der Waals surface area contributed by atoms with Gasteiger partial charge in [0.25, 0.3) is 0 Å². The van der Waals surface area contributed by atoms with E-state index in [1.54, 1.807) is 24.3 Å². The van der Waals surface area contributed by atoms with Gasteiger partial charge in [0.2, 0.25) is 6.10 Å². The molecule has 1 aromatic heterocycles. The summed E-state index contributed by atoms with van der Waals surface area (Å²) in [7, 11) is 1.09.